The molecule has 0 saturated carbocycles. The van der Waals surface area contributed by atoms with Gasteiger partial charge >= 0.3 is 6.09 Å². The van der Waals surface area contributed by atoms with E-state index in [0.717, 1.165) is 24.4 Å². The number of aryl methyl sites for hydroxylation is 1. The van der Waals surface area contributed by atoms with Crippen molar-refractivity contribution in [1.82, 2.24) is 24.5 Å². The van der Waals surface area contributed by atoms with Gasteiger partial charge in [0.15, 0.2) is 0 Å². The van der Waals surface area contributed by atoms with Gasteiger partial charge in [0.05, 0.1) is 6.10 Å². The van der Waals surface area contributed by atoms with E-state index in [1.807, 2.05) is 26.8 Å². The van der Waals surface area contributed by atoms with Crippen LogP contribution in [0.2, 0.25) is 0 Å². The van der Waals surface area contributed by atoms with Gasteiger partial charge in [0.25, 0.3) is 5.78 Å². The lowest BCUT2D eigenvalue weighted by molar-refractivity contribution is 0.0701. The van der Waals surface area contributed by atoms with Crippen molar-refractivity contribution in [3.8, 4) is 0 Å². The van der Waals surface area contributed by atoms with Crippen LogP contribution in [0.1, 0.15) is 32.4 Å². The number of carbonyl (C=O) groups is 1. The standard InChI is InChI=1S/C15H22N6O2/c1-10(2)23-15(22)20-6-4-12(5-7-20)19-13-8-11(3)18-14-16-9-17-21(13)14/h8-10,12,19H,4-7H2,1-3H3. The summed E-state index contributed by atoms with van der Waals surface area (Å²) in [6, 6.07) is 2.24. The van der Waals surface area contributed by atoms with Crippen molar-refractivity contribution in [2.45, 2.75) is 45.8 Å². The fourth-order valence-corrected chi connectivity index (χ4v) is 2.73. The van der Waals surface area contributed by atoms with Gasteiger partial charge in [-0.05, 0) is 33.6 Å². The Kier molecular flexibility index (Phi) is 4.31. The largest absolute Gasteiger partial charge is 0.447 e. The maximum Gasteiger partial charge on any atom is 0.410 e. The average Bonchev–Trinajstić information content (AvgIpc) is 2.95. The molecular weight excluding hydrogens is 296 g/mol. The average molecular weight is 318 g/mol. The summed E-state index contributed by atoms with van der Waals surface area (Å²) in [7, 11) is 0. The molecule has 1 saturated heterocycles. The van der Waals surface area contributed by atoms with Gasteiger partial charge < -0.3 is 15.0 Å². The van der Waals surface area contributed by atoms with Gasteiger partial charge in [-0.3, -0.25) is 0 Å². The number of nitrogens with one attached hydrogen (secondary N) is 1. The molecule has 1 amide bonds. The van der Waals surface area contributed by atoms with Crippen LogP contribution in [-0.4, -0.2) is 55.8 Å². The molecule has 8 nitrogen and oxygen atoms in total. The van der Waals surface area contributed by atoms with Gasteiger partial charge in [0, 0.05) is 30.9 Å². The number of hydrogen-bond acceptors (Lipinski definition) is 6. The summed E-state index contributed by atoms with van der Waals surface area (Å²) in [5, 5.41) is 7.69. The third-order valence-corrected chi connectivity index (χ3v) is 3.82. The highest BCUT2D eigenvalue weighted by atomic mass is 16.6. The van der Waals surface area contributed by atoms with Crippen LogP contribution < -0.4 is 5.32 Å². The van der Waals surface area contributed by atoms with E-state index in [2.05, 4.69) is 20.4 Å². The molecule has 0 unspecified atom stereocenters. The van der Waals surface area contributed by atoms with Crippen molar-refractivity contribution in [2.75, 3.05) is 18.4 Å². The van der Waals surface area contributed by atoms with E-state index in [0.29, 0.717) is 18.9 Å². The van der Waals surface area contributed by atoms with Crippen molar-refractivity contribution in [3.63, 3.8) is 0 Å². The number of ether oxygens (including phenoxy) is 1. The minimum atomic E-state index is -0.225. The molecule has 0 aliphatic carbocycles. The summed E-state index contributed by atoms with van der Waals surface area (Å²) < 4.78 is 6.94. The number of amides is 1. The van der Waals surface area contributed by atoms with Gasteiger partial charge in [-0.25, -0.2) is 9.78 Å². The zero-order valence-corrected chi connectivity index (χ0v) is 13.7. The normalized spacial score (nSPS) is 16.1. The second kappa shape index (κ2) is 6.39. The predicted molar refractivity (Wildman–Crippen MR) is 85.4 cm³/mol. The first-order valence-corrected chi connectivity index (χ1v) is 7.92. The van der Waals surface area contributed by atoms with Crippen molar-refractivity contribution >= 4 is 17.7 Å². The van der Waals surface area contributed by atoms with Gasteiger partial charge in [0.1, 0.15) is 12.1 Å². The molecular formula is C15H22N6O2. The van der Waals surface area contributed by atoms with Gasteiger partial charge in [-0.1, -0.05) is 0 Å². The molecule has 2 aromatic rings. The Hall–Kier alpha value is -2.38. The predicted octanol–water partition coefficient (Wildman–Crippen LogP) is 1.85. The summed E-state index contributed by atoms with van der Waals surface area (Å²) in [4.78, 5) is 22.1. The van der Waals surface area contributed by atoms with E-state index in [-0.39, 0.29) is 18.2 Å². The van der Waals surface area contributed by atoms with Crippen LogP contribution in [0.4, 0.5) is 10.6 Å². The first kappa shape index (κ1) is 15.5. The van der Waals surface area contributed by atoms with E-state index in [4.69, 9.17) is 4.74 Å². The molecule has 1 aliphatic rings. The minimum absolute atomic E-state index is 0.0845. The zero-order chi connectivity index (χ0) is 16.4. The number of hydrogen-bond donors (Lipinski definition) is 1. The first-order chi connectivity index (χ1) is 11.0. The highest BCUT2D eigenvalue weighted by Crippen LogP contribution is 2.18. The van der Waals surface area contributed by atoms with Crippen LogP contribution >= 0.6 is 0 Å². The Morgan fingerprint density at radius 3 is 2.83 bits per heavy atom. The summed E-state index contributed by atoms with van der Waals surface area (Å²) in [6.45, 7) is 7.04. The van der Waals surface area contributed by atoms with E-state index >= 15 is 0 Å². The molecule has 3 heterocycles. The number of rotatable bonds is 3. The third kappa shape index (κ3) is 3.52. The zero-order valence-electron chi connectivity index (χ0n) is 13.7. The molecule has 8 heteroatoms. The molecule has 2 aromatic heterocycles. The first-order valence-electron chi connectivity index (χ1n) is 7.92. The van der Waals surface area contributed by atoms with E-state index in [1.165, 1.54) is 6.33 Å². The number of fused-ring (bicyclic) bond motifs is 1. The molecule has 1 N–H and O–H groups in total. The lowest BCUT2D eigenvalue weighted by atomic mass is 10.1. The van der Waals surface area contributed by atoms with Crippen molar-refractivity contribution in [3.05, 3.63) is 18.1 Å². The summed E-state index contributed by atoms with van der Waals surface area (Å²) in [6.07, 6.45) is 2.92. The van der Waals surface area contributed by atoms with Gasteiger partial charge in [-0.2, -0.15) is 14.6 Å². The number of piperidine rings is 1. The summed E-state index contributed by atoms with van der Waals surface area (Å²) in [5.41, 5.74) is 0.894. The van der Waals surface area contributed by atoms with Crippen LogP contribution in [0.15, 0.2) is 12.4 Å². The molecule has 3 rings (SSSR count). The second-order valence-electron chi connectivity index (χ2n) is 6.09. The quantitative estimate of drug-likeness (QED) is 0.930. The molecule has 0 radical (unpaired) electrons. The van der Waals surface area contributed by atoms with Crippen LogP contribution in [0.5, 0.6) is 0 Å². The molecule has 0 spiro atoms. The molecule has 1 fully saturated rings. The Balaban J connectivity index is 1.62. The smallest absolute Gasteiger partial charge is 0.410 e. The topological polar surface area (TPSA) is 84.7 Å². The lowest BCUT2D eigenvalue weighted by Gasteiger charge is -2.32. The fourth-order valence-electron chi connectivity index (χ4n) is 2.73. The van der Waals surface area contributed by atoms with E-state index in [1.54, 1.807) is 9.42 Å². The van der Waals surface area contributed by atoms with Crippen molar-refractivity contribution < 1.29 is 9.53 Å². The highest BCUT2D eigenvalue weighted by molar-refractivity contribution is 5.68. The molecule has 23 heavy (non-hydrogen) atoms. The maximum atomic E-state index is 11.9. The number of carbonyl (C=O) groups excluding carboxylic acids is 1. The second-order valence-corrected chi connectivity index (χ2v) is 6.09. The summed E-state index contributed by atoms with van der Waals surface area (Å²) >= 11 is 0. The Labute approximate surface area is 134 Å². The number of anilines is 1. The molecule has 124 valence electrons. The van der Waals surface area contributed by atoms with Crippen LogP contribution in [0.3, 0.4) is 0 Å². The van der Waals surface area contributed by atoms with E-state index < -0.39 is 0 Å². The minimum Gasteiger partial charge on any atom is -0.447 e. The number of nitrogens with zero attached hydrogens (tertiary/aromatic N) is 5. The molecule has 0 bridgehead atoms. The number of aromatic nitrogens is 4. The highest BCUT2D eigenvalue weighted by Gasteiger charge is 2.24. The monoisotopic (exact) mass is 318 g/mol. The van der Waals surface area contributed by atoms with Crippen LogP contribution in [0, 0.1) is 6.92 Å². The van der Waals surface area contributed by atoms with Crippen molar-refractivity contribution in [2.24, 2.45) is 0 Å². The fraction of sp³-hybridized carbons (Fsp3) is 0.600. The Morgan fingerprint density at radius 1 is 1.39 bits per heavy atom. The third-order valence-electron chi connectivity index (χ3n) is 3.82. The Morgan fingerprint density at radius 2 is 2.13 bits per heavy atom. The van der Waals surface area contributed by atoms with Crippen LogP contribution in [0.25, 0.3) is 5.78 Å². The van der Waals surface area contributed by atoms with Gasteiger partial charge in [0.2, 0.25) is 0 Å². The SMILES string of the molecule is Cc1cc(NC2CCN(C(=O)OC(C)C)CC2)n2ncnc2n1. The lowest BCUT2D eigenvalue weighted by Crippen LogP contribution is -2.43. The van der Waals surface area contributed by atoms with Gasteiger partial charge in [-0.15, -0.1) is 0 Å². The van der Waals surface area contributed by atoms with E-state index in [9.17, 15) is 4.79 Å². The van der Waals surface area contributed by atoms with Crippen LogP contribution in [-0.2, 0) is 4.74 Å². The molecule has 0 aromatic carbocycles. The van der Waals surface area contributed by atoms with Crippen molar-refractivity contribution in [1.29, 1.82) is 0 Å². The number of likely N-dealkylation sites (tertiary alicyclic amines) is 1. The molecule has 0 atom stereocenters. The molecule has 1 aliphatic heterocycles. The Bertz CT molecular complexity index is 690. The maximum absolute atomic E-state index is 11.9. The summed E-state index contributed by atoms with van der Waals surface area (Å²) in [5.74, 6) is 1.47.